The van der Waals surface area contributed by atoms with E-state index in [2.05, 4.69) is 40.4 Å². The van der Waals surface area contributed by atoms with Crippen LogP contribution in [0.15, 0.2) is 48.7 Å². The molecule has 0 spiro atoms. The molecular formula is C16H15N3OS. The number of rotatable bonds is 4. The largest absolute Gasteiger partial charge is 0.492 e. The van der Waals surface area contributed by atoms with Crippen molar-refractivity contribution in [3.63, 3.8) is 0 Å². The van der Waals surface area contributed by atoms with Gasteiger partial charge in [0.25, 0.3) is 0 Å². The van der Waals surface area contributed by atoms with Crippen LogP contribution in [0.3, 0.4) is 0 Å². The van der Waals surface area contributed by atoms with E-state index in [1.54, 1.807) is 6.20 Å². The van der Waals surface area contributed by atoms with Crippen LogP contribution in [0.25, 0.3) is 0 Å². The van der Waals surface area contributed by atoms with E-state index in [1.807, 2.05) is 24.3 Å². The molecule has 5 heteroatoms. The second kappa shape index (κ2) is 5.93. The molecule has 3 rings (SSSR count). The monoisotopic (exact) mass is 297 g/mol. The van der Waals surface area contributed by atoms with Gasteiger partial charge in [0.1, 0.15) is 5.82 Å². The first-order valence-corrected chi connectivity index (χ1v) is 7.44. The third-order valence-electron chi connectivity index (χ3n) is 3.02. The van der Waals surface area contributed by atoms with Gasteiger partial charge in [0.05, 0.1) is 4.88 Å². The topological polar surface area (TPSA) is 58.0 Å². The van der Waals surface area contributed by atoms with Crippen molar-refractivity contribution in [2.45, 2.75) is 13.3 Å². The number of pyridine rings is 1. The van der Waals surface area contributed by atoms with Gasteiger partial charge in [0.2, 0.25) is 5.88 Å². The van der Waals surface area contributed by atoms with Crippen LogP contribution in [-0.4, -0.2) is 15.1 Å². The molecule has 0 fully saturated rings. The molecule has 0 aliphatic carbocycles. The molecule has 4 nitrogen and oxygen atoms in total. The lowest BCUT2D eigenvalue weighted by molar-refractivity contribution is 0.453. The highest BCUT2D eigenvalue weighted by molar-refractivity contribution is 7.16. The molecule has 3 aromatic rings. The van der Waals surface area contributed by atoms with Crippen molar-refractivity contribution in [2.75, 3.05) is 5.32 Å². The molecule has 0 saturated heterocycles. The van der Waals surface area contributed by atoms with Crippen LogP contribution in [0, 0.1) is 6.92 Å². The highest BCUT2D eigenvalue weighted by atomic mass is 32.1. The number of thiazole rings is 1. The first kappa shape index (κ1) is 13.6. The lowest BCUT2D eigenvalue weighted by atomic mass is 10.1. The van der Waals surface area contributed by atoms with Crippen molar-refractivity contribution < 1.29 is 5.11 Å². The summed E-state index contributed by atoms with van der Waals surface area (Å²) < 4.78 is 0. The Hall–Kier alpha value is -2.40. The van der Waals surface area contributed by atoms with E-state index in [9.17, 15) is 5.11 Å². The second-order valence-corrected chi connectivity index (χ2v) is 5.86. The van der Waals surface area contributed by atoms with E-state index in [1.165, 1.54) is 22.5 Å². The number of anilines is 2. The molecule has 1 aromatic carbocycles. The zero-order valence-electron chi connectivity index (χ0n) is 11.6. The minimum absolute atomic E-state index is 0.0833. The van der Waals surface area contributed by atoms with Crippen LogP contribution >= 0.6 is 11.3 Å². The number of aryl methyl sites for hydroxylation is 1. The summed E-state index contributed by atoms with van der Waals surface area (Å²) in [7, 11) is 0. The molecule has 0 unspecified atom stereocenters. The summed E-state index contributed by atoms with van der Waals surface area (Å²) >= 11 is 1.44. The normalized spacial score (nSPS) is 10.5. The first-order chi connectivity index (χ1) is 10.2. The number of benzene rings is 1. The Morgan fingerprint density at radius 1 is 1.19 bits per heavy atom. The van der Waals surface area contributed by atoms with Crippen molar-refractivity contribution in [1.29, 1.82) is 0 Å². The molecule has 2 N–H and O–H groups in total. The van der Waals surface area contributed by atoms with E-state index in [4.69, 9.17) is 0 Å². The van der Waals surface area contributed by atoms with Crippen LogP contribution in [0.1, 0.15) is 16.0 Å². The molecule has 0 saturated carbocycles. The van der Waals surface area contributed by atoms with Crippen molar-refractivity contribution in [2.24, 2.45) is 0 Å². The van der Waals surface area contributed by atoms with E-state index in [0.29, 0.717) is 17.4 Å². The third-order valence-corrected chi connectivity index (χ3v) is 3.98. The smallest absolute Gasteiger partial charge is 0.227 e. The van der Waals surface area contributed by atoms with E-state index >= 15 is 0 Å². The summed E-state index contributed by atoms with van der Waals surface area (Å²) in [5.74, 6) is 0.799. The average Bonchev–Trinajstić information content (AvgIpc) is 2.80. The maximum Gasteiger partial charge on any atom is 0.227 e. The van der Waals surface area contributed by atoms with Crippen molar-refractivity contribution in [3.8, 4) is 5.88 Å². The number of hydrogen-bond donors (Lipinski definition) is 2. The van der Waals surface area contributed by atoms with Gasteiger partial charge in [-0.15, -0.1) is 0 Å². The Bertz CT molecular complexity index is 740. The van der Waals surface area contributed by atoms with Gasteiger partial charge in [-0.25, -0.2) is 4.98 Å². The lowest BCUT2D eigenvalue weighted by Gasteiger charge is -2.00. The van der Waals surface area contributed by atoms with Gasteiger partial charge in [-0.2, -0.15) is 4.98 Å². The number of nitrogens with zero attached hydrogens (tertiary/aromatic N) is 2. The summed E-state index contributed by atoms with van der Waals surface area (Å²) in [5.41, 5.74) is 2.38. The van der Waals surface area contributed by atoms with Gasteiger partial charge in [-0.3, -0.25) is 0 Å². The van der Waals surface area contributed by atoms with Gasteiger partial charge in [0.15, 0.2) is 5.13 Å². The third kappa shape index (κ3) is 3.38. The maximum atomic E-state index is 9.98. The van der Waals surface area contributed by atoms with E-state index < -0.39 is 0 Å². The van der Waals surface area contributed by atoms with Gasteiger partial charge in [-0.05, 0) is 24.6 Å². The molecular weight excluding hydrogens is 282 g/mol. The Labute approximate surface area is 127 Å². The fourth-order valence-corrected chi connectivity index (χ4v) is 2.96. The quantitative estimate of drug-likeness (QED) is 0.767. The van der Waals surface area contributed by atoms with Gasteiger partial charge >= 0.3 is 0 Å². The van der Waals surface area contributed by atoms with Crippen molar-refractivity contribution >= 4 is 22.3 Å². The number of aromatic hydroxyl groups is 1. The van der Waals surface area contributed by atoms with E-state index in [0.717, 1.165) is 4.88 Å². The zero-order chi connectivity index (χ0) is 14.7. The summed E-state index contributed by atoms with van der Waals surface area (Å²) in [6, 6.07) is 13.9. The van der Waals surface area contributed by atoms with E-state index in [-0.39, 0.29) is 5.88 Å². The van der Waals surface area contributed by atoms with Crippen LogP contribution in [0.4, 0.5) is 10.9 Å². The summed E-state index contributed by atoms with van der Waals surface area (Å²) in [4.78, 5) is 9.18. The first-order valence-electron chi connectivity index (χ1n) is 6.63. The second-order valence-electron chi connectivity index (χ2n) is 4.77. The Morgan fingerprint density at radius 3 is 2.86 bits per heavy atom. The molecule has 0 aliphatic heterocycles. The number of aromatic nitrogens is 2. The van der Waals surface area contributed by atoms with Gasteiger partial charge in [-0.1, -0.05) is 47.2 Å². The van der Waals surface area contributed by atoms with Crippen molar-refractivity contribution in [1.82, 2.24) is 9.97 Å². The minimum atomic E-state index is 0.0833. The summed E-state index contributed by atoms with van der Waals surface area (Å²) in [6.07, 6.45) is 2.39. The molecule has 0 amide bonds. The predicted octanol–water partition coefficient (Wildman–Crippen LogP) is 3.89. The Balaban J connectivity index is 1.78. The minimum Gasteiger partial charge on any atom is -0.492 e. The summed E-state index contributed by atoms with van der Waals surface area (Å²) in [5, 5.41) is 13.7. The predicted molar refractivity (Wildman–Crippen MR) is 85.3 cm³/mol. The van der Waals surface area contributed by atoms with Crippen molar-refractivity contribution in [3.05, 3.63) is 64.7 Å². The Kier molecular flexibility index (Phi) is 3.83. The molecule has 2 aromatic heterocycles. The van der Waals surface area contributed by atoms with Gasteiger partial charge < -0.3 is 10.4 Å². The fourth-order valence-electron chi connectivity index (χ4n) is 2.07. The molecule has 2 heterocycles. The number of nitrogens with one attached hydrogen (secondary N) is 1. The lowest BCUT2D eigenvalue weighted by Crippen LogP contribution is -1.90. The molecule has 0 bridgehead atoms. The van der Waals surface area contributed by atoms with Crippen LogP contribution < -0.4 is 5.32 Å². The average molecular weight is 297 g/mol. The SMILES string of the molecule is Cc1cccc(Cc2sc(Nc3ccccn3)nc2O)c1. The van der Waals surface area contributed by atoms with Crippen LogP contribution in [-0.2, 0) is 6.42 Å². The molecule has 106 valence electrons. The van der Waals surface area contributed by atoms with Gasteiger partial charge in [0, 0.05) is 12.6 Å². The maximum absolute atomic E-state index is 9.98. The molecule has 0 atom stereocenters. The van der Waals surface area contributed by atoms with Crippen LogP contribution in [0.2, 0.25) is 0 Å². The molecule has 0 radical (unpaired) electrons. The highest BCUT2D eigenvalue weighted by Crippen LogP contribution is 2.31. The highest BCUT2D eigenvalue weighted by Gasteiger charge is 2.11. The summed E-state index contributed by atoms with van der Waals surface area (Å²) in [6.45, 7) is 2.06. The Morgan fingerprint density at radius 2 is 2.10 bits per heavy atom. The molecule has 21 heavy (non-hydrogen) atoms. The fraction of sp³-hybridized carbons (Fsp3) is 0.125. The zero-order valence-corrected chi connectivity index (χ0v) is 12.4. The number of hydrogen-bond acceptors (Lipinski definition) is 5. The van der Waals surface area contributed by atoms with Crippen LogP contribution in [0.5, 0.6) is 5.88 Å². The molecule has 0 aliphatic rings. The standard InChI is InChI=1S/C16H15N3OS/c1-11-5-4-6-12(9-11)10-13-15(20)19-16(21-13)18-14-7-2-3-8-17-14/h2-9,20H,10H2,1H3,(H,17,18,19).